The Morgan fingerprint density at radius 1 is 1.44 bits per heavy atom. The van der Waals surface area contributed by atoms with E-state index in [1.54, 1.807) is 36.1 Å². The summed E-state index contributed by atoms with van der Waals surface area (Å²) in [6, 6.07) is 5.19. The highest BCUT2D eigenvalue weighted by Gasteiger charge is 2.11. The Hall–Kier alpha value is -2.63. The van der Waals surface area contributed by atoms with Crippen LogP contribution in [0.1, 0.15) is 10.5 Å². The molecule has 1 aromatic carbocycles. The molecule has 1 N–H and O–H groups in total. The van der Waals surface area contributed by atoms with Crippen molar-refractivity contribution in [3.63, 3.8) is 0 Å². The maximum atomic E-state index is 11.1. The lowest BCUT2D eigenvalue weighted by molar-refractivity contribution is 0.111. The number of nitrogens with zero attached hydrogens (tertiary/aromatic N) is 2. The van der Waals surface area contributed by atoms with Crippen LogP contribution >= 0.6 is 0 Å². The Balaban J connectivity index is 2.24. The highest BCUT2D eigenvalue weighted by Crippen LogP contribution is 2.23. The molecule has 90 valence electrons. The van der Waals surface area contributed by atoms with Crippen LogP contribution in [0.2, 0.25) is 0 Å². The van der Waals surface area contributed by atoms with Crippen LogP contribution in [0, 0.1) is 0 Å². The van der Waals surface area contributed by atoms with Crippen molar-refractivity contribution in [1.29, 1.82) is 0 Å². The Morgan fingerprint density at radius 2 is 2.28 bits per heavy atom. The molecule has 0 saturated heterocycles. The minimum Gasteiger partial charge on any atom is -0.408 e. The molecular weight excluding hydrogens is 234 g/mol. The van der Waals surface area contributed by atoms with E-state index in [2.05, 4.69) is 9.97 Å². The van der Waals surface area contributed by atoms with Gasteiger partial charge in [0.1, 0.15) is 5.69 Å². The van der Waals surface area contributed by atoms with Gasteiger partial charge < -0.3 is 8.98 Å². The highest BCUT2D eigenvalue weighted by molar-refractivity contribution is 5.87. The van der Waals surface area contributed by atoms with Gasteiger partial charge in [-0.3, -0.25) is 9.78 Å². The normalized spacial score (nSPS) is 10.9. The maximum Gasteiger partial charge on any atom is 0.417 e. The summed E-state index contributed by atoms with van der Waals surface area (Å²) in [6.45, 7) is 0. The zero-order valence-electron chi connectivity index (χ0n) is 9.51. The number of aromatic amines is 1. The quantitative estimate of drug-likeness (QED) is 0.688. The Bertz CT molecular complexity index is 794. The van der Waals surface area contributed by atoms with Crippen molar-refractivity contribution in [1.82, 2.24) is 14.5 Å². The van der Waals surface area contributed by atoms with E-state index in [0.29, 0.717) is 22.5 Å². The van der Waals surface area contributed by atoms with Crippen molar-refractivity contribution in [2.45, 2.75) is 0 Å². The molecule has 0 bridgehead atoms. The summed E-state index contributed by atoms with van der Waals surface area (Å²) in [6.07, 6.45) is 2.32. The second kappa shape index (κ2) is 3.69. The van der Waals surface area contributed by atoms with Crippen molar-refractivity contribution < 1.29 is 9.21 Å². The SMILES string of the molecule is Cn1cnc(-c2ccc3[nH]c(=O)oc3c2)c1C=O. The van der Waals surface area contributed by atoms with Gasteiger partial charge >= 0.3 is 5.76 Å². The van der Waals surface area contributed by atoms with Crippen LogP contribution in [-0.4, -0.2) is 20.8 Å². The van der Waals surface area contributed by atoms with E-state index in [4.69, 9.17) is 4.42 Å². The molecule has 2 heterocycles. The zero-order chi connectivity index (χ0) is 12.7. The first kappa shape index (κ1) is 10.5. The molecular formula is C12H9N3O3. The average molecular weight is 243 g/mol. The number of carbonyl (C=O) groups excluding carboxylic acids is 1. The van der Waals surface area contributed by atoms with Crippen molar-refractivity contribution in [3.05, 3.63) is 40.8 Å². The molecule has 3 aromatic rings. The lowest BCUT2D eigenvalue weighted by Crippen LogP contribution is -1.94. The fourth-order valence-electron chi connectivity index (χ4n) is 1.89. The third-order valence-electron chi connectivity index (χ3n) is 2.79. The summed E-state index contributed by atoms with van der Waals surface area (Å²) in [7, 11) is 1.75. The zero-order valence-corrected chi connectivity index (χ0v) is 9.51. The number of aldehydes is 1. The second-order valence-corrected chi connectivity index (χ2v) is 3.93. The molecule has 6 nitrogen and oxygen atoms in total. The summed E-state index contributed by atoms with van der Waals surface area (Å²) in [5, 5.41) is 0. The van der Waals surface area contributed by atoms with Crippen LogP contribution < -0.4 is 5.76 Å². The van der Waals surface area contributed by atoms with Gasteiger partial charge in [0.15, 0.2) is 11.9 Å². The molecule has 2 aromatic heterocycles. The maximum absolute atomic E-state index is 11.1. The molecule has 0 aliphatic rings. The number of fused-ring (bicyclic) bond motifs is 1. The van der Waals surface area contributed by atoms with Crippen LogP contribution in [0.3, 0.4) is 0 Å². The van der Waals surface area contributed by atoms with Gasteiger partial charge in [0.25, 0.3) is 0 Å². The fraction of sp³-hybridized carbons (Fsp3) is 0.0833. The van der Waals surface area contributed by atoms with Crippen LogP contribution in [0.5, 0.6) is 0 Å². The smallest absolute Gasteiger partial charge is 0.408 e. The second-order valence-electron chi connectivity index (χ2n) is 3.93. The summed E-state index contributed by atoms with van der Waals surface area (Å²) in [5.74, 6) is -0.501. The molecule has 0 aliphatic heterocycles. The van der Waals surface area contributed by atoms with Gasteiger partial charge in [0, 0.05) is 12.6 Å². The van der Waals surface area contributed by atoms with Crippen LogP contribution in [-0.2, 0) is 7.05 Å². The number of aryl methyl sites for hydroxylation is 1. The number of hydrogen-bond acceptors (Lipinski definition) is 4. The van der Waals surface area contributed by atoms with Crippen molar-refractivity contribution >= 4 is 17.4 Å². The summed E-state index contributed by atoms with van der Waals surface area (Å²) < 4.78 is 6.62. The summed E-state index contributed by atoms with van der Waals surface area (Å²) in [5.41, 5.74) is 2.84. The average Bonchev–Trinajstić information content (AvgIpc) is 2.89. The largest absolute Gasteiger partial charge is 0.417 e. The van der Waals surface area contributed by atoms with Crippen LogP contribution in [0.4, 0.5) is 0 Å². The summed E-state index contributed by atoms with van der Waals surface area (Å²) in [4.78, 5) is 28.8. The van der Waals surface area contributed by atoms with E-state index in [1.165, 1.54) is 0 Å². The first-order valence-corrected chi connectivity index (χ1v) is 5.29. The van der Waals surface area contributed by atoms with Gasteiger partial charge in [0.05, 0.1) is 17.5 Å². The molecule has 0 radical (unpaired) electrons. The number of oxazole rings is 1. The van der Waals surface area contributed by atoms with E-state index in [1.807, 2.05) is 0 Å². The van der Waals surface area contributed by atoms with Gasteiger partial charge in [-0.25, -0.2) is 9.78 Å². The fourth-order valence-corrected chi connectivity index (χ4v) is 1.89. The van der Waals surface area contributed by atoms with Crippen LogP contribution in [0.15, 0.2) is 33.7 Å². The minimum atomic E-state index is -0.501. The first-order valence-electron chi connectivity index (χ1n) is 5.29. The van der Waals surface area contributed by atoms with Crippen molar-refractivity contribution in [2.75, 3.05) is 0 Å². The monoisotopic (exact) mass is 243 g/mol. The van der Waals surface area contributed by atoms with E-state index >= 15 is 0 Å². The first-order chi connectivity index (χ1) is 8.69. The van der Waals surface area contributed by atoms with Gasteiger partial charge in [-0.05, 0) is 12.1 Å². The third kappa shape index (κ3) is 1.46. The number of nitrogens with one attached hydrogen (secondary N) is 1. The number of imidazole rings is 1. The molecule has 0 spiro atoms. The van der Waals surface area contributed by atoms with Gasteiger partial charge in [-0.1, -0.05) is 6.07 Å². The predicted octanol–water partition coefficient (Wildman–Crippen LogP) is 1.33. The van der Waals surface area contributed by atoms with Gasteiger partial charge in [-0.15, -0.1) is 0 Å². The van der Waals surface area contributed by atoms with Crippen molar-refractivity contribution in [2.24, 2.45) is 7.05 Å². The molecule has 6 heteroatoms. The van der Waals surface area contributed by atoms with E-state index < -0.39 is 5.76 Å². The Kier molecular flexibility index (Phi) is 2.16. The number of aromatic nitrogens is 3. The lowest BCUT2D eigenvalue weighted by Gasteiger charge is -1.99. The molecule has 18 heavy (non-hydrogen) atoms. The number of H-pyrrole nitrogens is 1. The predicted molar refractivity (Wildman–Crippen MR) is 64.4 cm³/mol. The molecule has 0 amide bonds. The molecule has 0 saturated carbocycles. The number of rotatable bonds is 2. The molecule has 3 rings (SSSR count). The van der Waals surface area contributed by atoms with Gasteiger partial charge in [0.2, 0.25) is 0 Å². The number of hydrogen-bond donors (Lipinski definition) is 1. The highest BCUT2D eigenvalue weighted by atomic mass is 16.4. The summed E-state index contributed by atoms with van der Waals surface area (Å²) >= 11 is 0. The Labute approximate surface area is 101 Å². The van der Waals surface area contributed by atoms with E-state index in [9.17, 15) is 9.59 Å². The van der Waals surface area contributed by atoms with Crippen molar-refractivity contribution in [3.8, 4) is 11.3 Å². The Morgan fingerprint density at radius 3 is 3.06 bits per heavy atom. The lowest BCUT2D eigenvalue weighted by atomic mass is 10.1. The topological polar surface area (TPSA) is 80.9 Å². The minimum absolute atomic E-state index is 0.444. The van der Waals surface area contributed by atoms with Gasteiger partial charge in [-0.2, -0.15) is 0 Å². The standard InChI is InChI=1S/C12H9N3O3/c1-15-6-13-11(9(15)5-16)7-2-3-8-10(4-7)18-12(17)14-8/h2-6H,1H3,(H,14,17). The molecule has 0 fully saturated rings. The van der Waals surface area contributed by atoms with E-state index in [-0.39, 0.29) is 0 Å². The number of carbonyl (C=O) groups is 1. The van der Waals surface area contributed by atoms with E-state index in [0.717, 1.165) is 11.8 Å². The molecule has 0 aliphatic carbocycles. The number of benzene rings is 1. The third-order valence-corrected chi connectivity index (χ3v) is 2.79. The van der Waals surface area contributed by atoms with Crippen LogP contribution in [0.25, 0.3) is 22.4 Å². The molecule has 0 atom stereocenters. The molecule has 0 unspecified atom stereocenters.